The molecule has 0 aromatic heterocycles. The van der Waals surface area contributed by atoms with Gasteiger partial charge in [0, 0.05) is 41.7 Å². The molecule has 1 aromatic rings. The van der Waals surface area contributed by atoms with E-state index in [4.69, 9.17) is 0 Å². The van der Waals surface area contributed by atoms with Crippen LogP contribution in [0.3, 0.4) is 0 Å². The molecule has 1 aromatic carbocycles. The van der Waals surface area contributed by atoms with Crippen LogP contribution >= 0.6 is 27.7 Å². The number of nitrogens with one attached hydrogen (secondary N) is 1. The van der Waals surface area contributed by atoms with E-state index in [1.807, 2.05) is 0 Å². The normalized spacial score (nSPS) is 18.4. The van der Waals surface area contributed by atoms with Crippen LogP contribution in [0.4, 0.5) is 0 Å². The maximum absolute atomic E-state index is 3.61. The Balaban J connectivity index is 1.91. The summed E-state index contributed by atoms with van der Waals surface area (Å²) in [7, 11) is 0. The Morgan fingerprint density at radius 1 is 1.37 bits per heavy atom. The average Bonchev–Trinajstić information content (AvgIpc) is 2.44. The third-order valence-corrected chi connectivity index (χ3v) is 4.98. The lowest BCUT2D eigenvalue weighted by Gasteiger charge is -2.28. The van der Waals surface area contributed by atoms with Crippen molar-refractivity contribution in [1.29, 1.82) is 0 Å². The molecular formula is C15H23BrN2S. The Morgan fingerprint density at radius 2 is 2.16 bits per heavy atom. The number of nitrogens with zero attached hydrogens (tertiary/aromatic N) is 1. The van der Waals surface area contributed by atoms with Gasteiger partial charge in [-0.05, 0) is 30.7 Å². The van der Waals surface area contributed by atoms with Gasteiger partial charge in [0.2, 0.25) is 0 Å². The maximum Gasteiger partial charge on any atom is 0.0332 e. The summed E-state index contributed by atoms with van der Waals surface area (Å²) in [4.78, 5) is 2.60. The van der Waals surface area contributed by atoms with Gasteiger partial charge < -0.3 is 10.2 Å². The standard InChI is InChI=1S/C15H23BrN2S/c1-2-17-15(13-4-3-5-14(16)12-13)6-7-18-8-10-19-11-9-18/h3-5,12,15,17H,2,6-11H2,1H3. The smallest absolute Gasteiger partial charge is 0.0332 e. The Hall–Kier alpha value is -0.0300. The largest absolute Gasteiger partial charge is 0.310 e. The van der Waals surface area contributed by atoms with Gasteiger partial charge in [-0.15, -0.1) is 0 Å². The Morgan fingerprint density at radius 3 is 2.84 bits per heavy atom. The summed E-state index contributed by atoms with van der Waals surface area (Å²) in [6.45, 7) is 6.91. The predicted molar refractivity (Wildman–Crippen MR) is 88.9 cm³/mol. The summed E-state index contributed by atoms with van der Waals surface area (Å²) in [6, 6.07) is 9.15. The van der Waals surface area contributed by atoms with Gasteiger partial charge in [0.05, 0.1) is 0 Å². The van der Waals surface area contributed by atoms with Crippen LogP contribution in [0.15, 0.2) is 28.7 Å². The first-order valence-electron chi connectivity index (χ1n) is 7.08. The van der Waals surface area contributed by atoms with Crippen molar-refractivity contribution in [2.45, 2.75) is 19.4 Å². The SMILES string of the molecule is CCNC(CCN1CCSCC1)c1cccc(Br)c1. The van der Waals surface area contributed by atoms with E-state index in [-0.39, 0.29) is 0 Å². The van der Waals surface area contributed by atoms with E-state index in [1.54, 1.807) is 0 Å². The lowest BCUT2D eigenvalue weighted by Crippen LogP contribution is -2.35. The molecule has 2 nitrogen and oxygen atoms in total. The van der Waals surface area contributed by atoms with E-state index >= 15 is 0 Å². The molecule has 0 aliphatic carbocycles. The Labute approximate surface area is 129 Å². The zero-order valence-electron chi connectivity index (χ0n) is 11.6. The number of halogens is 1. The lowest BCUT2D eigenvalue weighted by molar-refractivity contribution is 0.281. The van der Waals surface area contributed by atoms with Crippen LogP contribution in [0.5, 0.6) is 0 Å². The molecule has 1 aliphatic heterocycles. The fourth-order valence-corrected chi connectivity index (χ4v) is 3.89. The molecule has 1 atom stereocenters. The number of hydrogen-bond acceptors (Lipinski definition) is 3. The molecule has 2 rings (SSSR count). The minimum Gasteiger partial charge on any atom is -0.310 e. The van der Waals surface area contributed by atoms with Gasteiger partial charge in [-0.3, -0.25) is 0 Å². The van der Waals surface area contributed by atoms with E-state index in [1.165, 1.54) is 47.6 Å². The summed E-state index contributed by atoms with van der Waals surface area (Å²) in [6.07, 6.45) is 1.19. The number of rotatable bonds is 6. The molecule has 106 valence electrons. The summed E-state index contributed by atoms with van der Waals surface area (Å²) >= 11 is 5.65. The van der Waals surface area contributed by atoms with Gasteiger partial charge in [-0.1, -0.05) is 35.0 Å². The molecule has 1 fully saturated rings. The maximum atomic E-state index is 3.61. The van der Waals surface area contributed by atoms with E-state index in [9.17, 15) is 0 Å². The fraction of sp³-hybridized carbons (Fsp3) is 0.600. The van der Waals surface area contributed by atoms with Crippen molar-refractivity contribution in [3.05, 3.63) is 34.3 Å². The van der Waals surface area contributed by atoms with Crippen LogP contribution in [0, 0.1) is 0 Å². The molecule has 19 heavy (non-hydrogen) atoms. The highest BCUT2D eigenvalue weighted by Crippen LogP contribution is 2.21. The van der Waals surface area contributed by atoms with Crippen LogP contribution in [0.1, 0.15) is 24.9 Å². The molecule has 1 unspecified atom stereocenters. The third-order valence-electron chi connectivity index (χ3n) is 3.54. The van der Waals surface area contributed by atoms with Crippen LogP contribution in [-0.2, 0) is 0 Å². The first kappa shape index (κ1) is 15.4. The second-order valence-corrected chi connectivity index (χ2v) is 7.05. The van der Waals surface area contributed by atoms with Crippen LogP contribution in [0.25, 0.3) is 0 Å². The van der Waals surface area contributed by atoms with Gasteiger partial charge in [-0.2, -0.15) is 11.8 Å². The van der Waals surface area contributed by atoms with Crippen molar-refractivity contribution in [2.75, 3.05) is 37.7 Å². The first-order valence-corrected chi connectivity index (χ1v) is 9.03. The molecule has 0 bridgehead atoms. The summed E-state index contributed by atoms with van der Waals surface area (Å²) < 4.78 is 1.17. The third kappa shape index (κ3) is 5.10. The first-order chi connectivity index (χ1) is 9.29. The fourth-order valence-electron chi connectivity index (χ4n) is 2.49. The lowest BCUT2D eigenvalue weighted by atomic mass is 10.0. The minimum atomic E-state index is 0.470. The van der Waals surface area contributed by atoms with Crippen molar-refractivity contribution in [3.63, 3.8) is 0 Å². The Kier molecular flexibility index (Phi) is 6.71. The van der Waals surface area contributed by atoms with Crippen molar-refractivity contribution in [2.24, 2.45) is 0 Å². The Bertz CT molecular complexity index is 380. The quantitative estimate of drug-likeness (QED) is 0.851. The van der Waals surface area contributed by atoms with E-state index < -0.39 is 0 Å². The molecule has 4 heteroatoms. The van der Waals surface area contributed by atoms with Gasteiger partial charge in [0.25, 0.3) is 0 Å². The molecule has 0 amide bonds. The van der Waals surface area contributed by atoms with Crippen molar-refractivity contribution in [1.82, 2.24) is 10.2 Å². The zero-order chi connectivity index (χ0) is 13.5. The van der Waals surface area contributed by atoms with Crippen LogP contribution in [0.2, 0.25) is 0 Å². The highest BCUT2D eigenvalue weighted by atomic mass is 79.9. The minimum absolute atomic E-state index is 0.470. The van der Waals surface area contributed by atoms with Crippen LogP contribution < -0.4 is 5.32 Å². The molecule has 0 saturated carbocycles. The number of thioether (sulfide) groups is 1. The number of benzene rings is 1. The summed E-state index contributed by atoms with van der Waals surface area (Å²) in [5.74, 6) is 2.59. The topological polar surface area (TPSA) is 15.3 Å². The molecule has 1 aliphatic rings. The van der Waals surface area contributed by atoms with Gasteiger partial charge in [0.15, 0.2) is 0 Å². The predicted octanol–water partition coefficient (Wildman–Crippen LogP) is 3.54. The average molecular weight is 343 g/mol. The van der Waals surface area contributed by atoms with E-state index in [0.717, 1.165) is 6.54 Å². The van der Waals surface area contributed by atoms with Crippen molar-refractivity contribution >= 4 is 27.7 Å². The number of hydrogen-bond donors (Lipinski definition) is 1. The zero-order valence-corrected chi connectivity index (χ0v) is 14.0. The van der Waals surface area contributed by atoms with Crippen LogP contribution in [-0.4, -0.2) is 42.6 Å². The van der Waals surface area contributed by atoms with E-state index in [2.05, 4.69) is 69.1 Å². The highest BCUT2D eigenvalue weighted by molar-refractivity contribution is 9.10. The van der Waals surface area contributed by atoms with Gasteiger partial charge in [-0.25, -0.2) is 0 Å². The molecule has 0 radical (unpaired) electrons. The summed E-state index contributed by atoms with van der Waals surface area (Å²) in [5, 5.41) is 3.61. The molecule has 1 heterocycles. The molecule has 0 spiro atoms. The second-order valence-electron chi connectivity index (χ2n) is 4.91. The van der Waals surface area contributed by atoms with Crippen molar-refractivity contribution in [3.8, 4) is 0 Å². The molecule has 1 saturated heterocycles. The van der Waals surface area contributed by atoms with Gasteiger partial charge in [0.1, 0.15) is 0 Å². The second kappa shape index (κ2) is 8.30. The molecular weight excluding hydrogens is 320 g/mol. The monoisotopic (exact) mass is 342 g/mol. The van der Waals surface area contributed by atoms with Crippen molar-refractivity contribution < 1.29 is 0 Å². The highest BCUT2D eigenvalue weighted by Gasteiger charge is 2.15. The summed E-state index contributed by atoms with van der Waals surface area (Å²) in [5.41, 5.74) is 1.39. The van der Waals surface area contributed by atoms with Gasteiger partial charge >= 0.3 is 0 Å². The molecule has 1 N–H and O–H groups in total. The van der Waals surface area contributed by atoms with E-state index in [0.29, 0.717) is 6.04 Å².